The number of hydrogen-bond acceptors (Lipinski definition) is 7. The summed E-state index contributed by atoms with van der Waals surface area (Å²) >= 11 is 0. The molecule has 0 amide bonds. The molecule has 9 aromatic rings. The number of fused-ring (bicyclic) bond motifs is 2. The summed E-state index contributed by atoms with van der Waals surface area (Å²) in [5.41, 5.74) is 13.0. The average Bonchev–Trinajstić information content (AvgIpc) is 3.36. The Labute approximate surface area is 359 Å². The maximum Gasteiger partial charge on any atom is 0.174 e. The molecule has 1 aliphatic carbocycles. The van der Waals surface area contributed by atoms with Crippen LogP contribution >= 0.6 is 0 Å². The van der Waals surface area contributed by atoms with Gasteiger partial charge in [-0.05, 0) is 117 Å². The van der Waals surface area contributed by atoms with E-state index in [0.717, 1.165) is 66.8 Å². The SMILES string of the molecule is C1=CC2Oc3c(-c4cc(-c5ccncc5)cc(-c5ccncc5)c4)ccc(-c4nc(-c5ccc(-c6ccccc6)cc5)nc(-c5ccc(-c6ccccc6)cc5)n4)c3OC2C=C1. The normalized spacial score (nSPS) is 14.9. The predicted molar refractivity (Wildman–Crippen MR) is 246 cm³/mol. The van der Waals surface area contributed by atoms with Gasteiger partial charge in [-0.2, -0.15) is 0 Å². The Morgan fingerprint density at radius 3 is 1.16 bits per heavy atom. The van der Waals surface area contributed by atoms with Crippen molar-refractivity contribution in [1.29, 1.82) is 0 Å². The molecule has 7 nitrogen and oxygen atoms in total. The van der Waals surface area contributed by atoms with Crippen LogP contribution in [0.1, 0.15) is 0 Å². The van der Waals surface area contributed by atoms with E-state index in [0.29, 0.717) is 34.5 Å². The van der Waals surface area contributed by atoms with Gasteiger partial charge in [-0.25, -0.2) is 15.0 Å². The molecule has 11 rings (SSSR count). The maximum atomic E-state index is 6.96. The monoisotopic (exact) mass is 799 g/mol. The largest absolute Gasteiger partial charge is 0.478 e. The van der Waals surface area contributed by atoms with Gasteiger partial charge in [0.1, 0.15) is 0 Å². The minimum Gasteiger partial charge on any atom is -0.478 e. The Morgan fingerprint density at radius 2 is 0.677 bits per heavy atom. The summed E-state index contributed by atoms with van der Waals surface area (Å²) in [6.07, 6.45) is 14.7. The zero-order chi connectivity index (χ0) is 41.2. The van der Waals surface area contributed by atoms with E-state index in [1.807, 2.05) is 116 Å². The quantitative estimate of drug-likeness (QED) is 0.151. The fourth-order valence-electron chi connectivity index (χ4n) is 8.10. The van der Waals surface area contributed by atoms with Crippen molar-refractivity contribution in [2.45, 2.75) is 12.2 Å². The van der Waals surface area contributed by atoms with E-state index < -0.39 is 0 Å². The number of aromatic nitrogens is 5. The van der Waals surface area contributed by atoms with Crippen molar-refractivity contribution in [2.75, 3.05) is 0 Å². The van der Waals surface area contributed by atoms with Crippen molar-refractivity contribution >= 4 is 0 Å². The summed E-state index contributed by atoms with van der Waals surface area (Å²) in [6, 6.07) is 56.2. The van der Waals surface area contributed by atoms with E-state index in [4.69, 9.17) is 24.4 Å². The van der Waals surface area contributed by atoms with Gasteiger partial charge in [-0.3, -0.25) is 9.97 Å². The molecule has 4 heterocycles. The standard InChI is InChI=1S/C55H37N5O2/c1-3-9-36(10-4-1)38-15-19-42(20-16-38)53-58-54(43-21-17-39(18-22-43)37-11-5-2-6-12-37)60-55(59-53)48-24-23-47(51-52(48)62-50-14-8-7-13-49(50)61-51)46-34-44(40-25-29-56-30-26-40)33-45(35-46)41-27-31-57-32-28-41/h1-35,49-50H. The lowest BCUT2D eigenvalue weighted by Gasteiger charge is -2.34. The van der Waals surface area contributed by atoms with Gasteiger partial charge in [0.2, 0.25) is 0 Å². The van der Waals surface area contributed by atoms with E-state index >= 15 is 0 Å². The van der Waals surface area contributed by atoms with Crippen LogP contribution in [0.5, 0.6) is 11.5 Å². The second-order valence-electron chi connectivity index (χ2n) is 15.2. The summed E-state index contributed by atoms with van der Waals surface area (Å²) in [5, 5.41) is 0. The third kappa shape index (κ3) is 7.22. The molecule has 0 spiro atoms. The van der Waals surface area contributed by atoms with E-state index in [-0.39, 0.29) is 12.2 Å². The van der Waals surface area contributed by atoms with Gasteiger partial charge in [0.05, 0.1) is 5.56 Å². The molecule has 2 atom stereocenters. The summed E-state index contributed by atoms with van der Waals surface area (Å²) in [5.74, 6) is 2.78. The molecule has 294 valence electrons. The molecule has 2 aliphatic rings. The van der Waals surface area contributed by atoms with Crippen LogP contribution in [-0.4, -0.2) is 37.1 Å². The summed E-state index contributed by atoms with van der Waals surface area (Å²) in [4.78, 5) is 24.0. The lowest BCUT2D eigenvalue weighted by Crippen LogP contribution is -2.38. The zero-order valence-corrected chi connectivity index (χ0v) is 33.4. The summed E-state index contributed by atoms with van der Waals surface area (Å²) in [7, 11) is 0. The summed E-state index contributed by atoms with van der Waals surface area (Å²) in [6.45, 7) is 0. The number of pyridine rings is 2. The Bertz CT molecular complexity index is 2940. The van der Waals surface area contributed by atoms with Crippen molar-refractivity contribution in [2.24, 2.45) is 0 Å². The Kier molecular flexibility index (Phi) is 9.52. The van der Waals surface area contributed by atoms with Gasteiger partial charge >= 0.3 is 0 Å². The fourth-order valence-corrected chi connectivity index (χ4v) is 8.10. The van der Waals surface area contributed by atoms with Crippen molar-refractivity contribution in [3.05, 3.63) is 213 Å². The van der Waals surface area contributed by atoms with Crippen LogP contribution in [-0.2, 0) is 0 Å². The minimum absolute atomic E-state index is 0.319. The van der Waals surface area contributed by atoms with E-state index in [2.05, 4.69) is 107 Å². The Balaban J connectivity index is 1.08. The first-order valence-corrected chi connectivity index (χ1v) is 20.6. The molecule has 0 bridgehead atoms. The second-order valence-corrected chi connectivity index (χ2v) is 15.2. The minimum atomic E-state index is -0.339. The van der Waals surface area contributed by atoms with Crippen molar-refractivity contribution in [3.63, 3.8) is 0 Å². The third-order valence-electron chi connectivity index (χ3n) is 11.3. The van der Waals surface area contributed by atoms with Gasteiger partial charge in [-0.15, -0.1) is 0 Å². The first-order chi connectivity index (χ1) is 30.7. The number of nitrogens with zero attached hydrogens (tertiary/aromatic N) is 5. The molecule has 0 saturated heterocycles. The second kappa shape index (κ2) is 16.0. The van der Waals surface area contributed by atoms with Crippen LogP contribution < -0.4 is 9.47 Å². The van der Waals surface area contributed by atoms with Crippen molar-refractivity contribution in [1.82, 2.24) is 24.9 Å². The molecule has 0 N–H and O–H groups in total. The maximum absolute atomic E-state index is 6.96. The number of ether oxygens (including phenoxy) is 2. The first-order valence-electron chi connectivity index (χ1n) is 20.6. The predicted octanol–water partition coefficient (Wildman–Crippen LogP) is 12.6. The molecule has 7 heteroatoms. The smallest absolute Gasteiger partial charge is 0.174 e. The highest BCUT2D eigenvalue weighted by Crippen LogP contribution is 2.49. The first kappa shape index (κ1) is 36.8. The molecule has 0 radical (unpaired) electrons. The van der Waals surface area contributed by atoms with Gasteiger partial charge in [-0.1, -0.05) is 121 Å². The molecular formula is C55H37N5O2. The van der Waals surface area contributed by atoms with Gasteiger partial charge in [0.15, 0.2) is 41.2 Å². The highest BCUT2D eigenvalue weighted by Gasteiger charge is 2.34. The van der Waals surface area contributed by atoms with Crippen molar-refractivity contribution in [3.8, 4) is 101 Å². The lowest BCUT2D eigenvalue weighted by atomic mass is 9.92. The van der Waals surface area contributed by atoms with Crippen molar-refractivity contribution < 1.29 is 9.47 Å². The molecule has 0 saturated carbocycles. The molecule has 0 fully saturated rings. The summed E-state index contributed by atoms with van der Waals surface area (Å²) < 4.78 is 13.9. The fraction of sp³-hybridized carbons (Fsp3) is 0.0364. The Morgan fingerprint density at radius 1 is 0.306 bits per heavy atom. The highest BCUT2D eigenvalue weighted by atomic mass is 16.6. The number of hydrogen-bond donors (Lipinski definition) is 0. The van der Waals surface area contributed by atoms with E-state index in [1.54, 1.807) is 0 Å². The van der Waals surface area contributed by atoms with Gasteiger partial charge in [0.25, 0.3) is 0 Å². The van der Waals surface area contributed by atoms with Crippen LogP contribution in [0.15, 0.2) is 213 Å². The third-order valence-corrected chi connectivity index (χ3v) is 11.3. The van der Waals surface area contributed by atoms with Gasteiger partial charge in [0, 0.05) is 41.5 Å². The topological polar surface area (TPSA) is 82.9 Å². The number of rotatable bonds is 8. The molecule has 2 unspecified atom stereocenters. The lowest BCUT2D eigenvalue weighted by molar-refractivity contribution is 0.0769. The van der Waals surface area contributed by atoms with Gasteiger partial charge < -0.3 is 9.47 Å². The van der Waals surface area contributed by atoms with E-state index in [9.17, 15) is 0 Å². The van der Waals surface area contributed by atoms with Crippen LogP contribution in [0.2, 0.25) is 0 Å². The molecule has 3 aromatic heterocycles. The number of allylic oxidation sites excluding steroid dienone is 2. The van der Waals surface area contributed by atoms with Crippen LogP contribution in [0.4, 0.5) is 0 Å². The van der Waals surface area contributed by atoms with Crippen LogP contribution in [0.3, 0.4) is 0 Å². The zero-order valence-electron chi connectivity index (χ0n) is 33.4. The Hall–Kier alpha value is -8.29. The van der Waals surface area contributed by atoms with Crippen LogP contribution in [0, 0.1) is 0 Å². The number of benzene rings is 6. The molecule has 62 heavy (non-hydrogen) atoms. The average molecular weight is 800 g/mol. The van der Waals surface area contributed by atoms with Crippen LogP contribution in [0.25, 0.3) is 89.8 Å². The highest BCUT2D eigenvalue weighted by molar-refractivity contribution is 5.87. The molecule has 1 aliphatic heterocycles. The molecular weight excluding hydrogens is 763 g/mol. The molecule has 6 aromatic carbocycles. The van der Waals surface area contributed by atoms with E-state index in [1.165, 1.54) is 0 Å².